The van der Waals surface area contributed by atoms with Gasteiger partial charge in [0.05, 0.1) is 6.42 Å². The summed E-state index contributed by atoms with van der Waals surface area (Å²) >= 11 is 5.50. The van der Waals surface area contributed by atoms with Crippen LogP contribution in [0.15, 0.2) is 11.1 Å². The summed E-state index contributed by atoms with van der Waals surface area (Å²) in [6.45, 7) is 0. The van der Waals surface area contributed by atoms with Gasteiger partial charge in [0.1, 0.15) is 0 Å². The molecule has 0 aromatic rings. The van der Waals surface area contributed by atoms with Gasteiger partial charge in [-0.2, -0.15) is 13.2 Å². The lowest BCUT2D eigenvalue weighted by molar-refractivity contribution is -0.116. The molecule has 1 atom stereocenters. The largest absolute Gasteiger partial charge is 0.361 e. The molecule has 1 aliphatic rings. The van der Waals surface area contributed by atoms with E-state index < -0.39 is 21.2 Å². The highest BCUT2D eigenvalue weighted by molar-refractivity contribution is 7.87. The van der Waals surface area contributed by atoms with E-state index in [1.807, 2.05) is 0 Å². The number of hydrogen-bond donors (Lipinski definition) is 1. The fourth-order valence-electron chi connectivity index (χ4n) is 1.02. The first-order valence-electron chi connectivity index (χ1n) is 3.44. The second-order valence-electron chi connectivity index (χ2n) is 2.64. The Labute approximate surface area is 84.5 Å². The van der Waals surface area contributed by atoms with E-state index in [1.54, 1.807) is 0 Å². The van der Waals surface area contributed by atoms with E-state index in [-0.39, 0.29) is 17.2 Å². The third-order valence-electron chi connectivity index (χ3n) is 1.65. The maximum Gasteiger partial charge on any atom is 0.341 e. The molecule has 0 bridgehead atoms. The smallest absolute Gasteiger partial charge is 0.341 e. The molecular formula is C6H5ClN2O4S. The Bertz CT molecular complexity index is 460. The zero-order valence-corrected chi connectivity index (χ0v) is 8.29. The Hall–Kier alpha value is -1.01. The van der Waals surface area contributed by atoms with Crippen molar-refractivity contribution >= 4 is 33.2 Å². The molecule has 0 amide bonds. The molecule has 0 aromatic heterocycles. The number of halogens is 1. The van der Waals surface area contributed by atoms with Gasteiger partial charge in [0, 0.05) is 5.03 Å². The van der Waals surface area contributed by atoms with E-state index in [0.29, 0.717) is 0 Å². The summed E-state index contributed by atoms with van der Waals surface area (Å²) in [4.78, 5) is 13.8. The highest BCUT2D eigenvalue weighted by Gasteiger charge is 2.40. The lowest BCUT2D eigenvalue weighted by Gasteiger charge is -2.10. The van der Waals surface area contributed by atoms with Crippen molar-refractivity contribution in [3.8, 4) is 0 Å². The van der Waals surface area contributed by atoms with Crippen molar-refractivity contribution in [3.05, 3.63) is 16.6 Å². The number of carbonyl (C=O) groups is 1. The molecule has 6 nitrogen and oxygen atoms in total. The second kappa shape index (κ2) is 3.62. The standard InChI is InChI=1S/C6H5ClN2O4S/c7-3-1-4(9-8)6(10)5(2-3)14(11,12)13/h2,5H,1H2,(H,11,12,13). The highest BCUT2D eigenvalue weighted by Crippen LogP contribution is 2.20. The zero-order valence-electron chi connectivity index (χ0n) is 6.71. The molecule has 76 valence electrons. The Kier molecular flexibility index (Phi) is 2.86. The number of carbonyl (C=O) groups excluding carboxylic acids is 1. The molecule has 0 saturated heterocycles. The molecule has 8 heteroatoms. The van der Waals surface area contributed by atoms with E-state index in [2.05, 4.69) is 4.79 Å². The fourth-order valence-corrected chi connectivity index (χ4v) is 2.09. The number of ketones is 1. The van der Waals surface area contributed by atoms with Gasteiger partial charge >= 0.3 is 5.71 Å². The molecule has 1 aliphatic carbocycles. The number of nitrogens with zero attached hydrogens (tertiary/aromatic N) is 2. The van der Waals surface area contributed by atoms with Crippen LogP contribution in [0.4, 0.5) is 0 Å². The maximum atomic E-state index is 11.2. The topological polar surface area (TPSA) is 108 Å². The Balaban J connectivity index is 3.28. The van der Waals surface area contributed by atoms with Gasteiger partial charge in [0.15, 0.2) is 5.25 Å². The van der Waals surface area contributed by atoms with Crippen molar-refractivity contribution in [2.45, 2.75) is 11.7 Å². The van der Waals surface area contributed by atoms with Gasteiger partial charge in [-0.1, -0.05) is 11.6 Å². The molecule has 14 heavy (non-hydrogen) atoms. The highest BCUT2D eigenvalue weighted by atomic mass is 35.5. The zero-order chi connectivity index (χ0) is 10.9. The first-order chi connectivity index (χ1) is 6.36. The Morgan fingerprint density at radius 3 is 2.64 bits per heavy atom. The van der Waals surface area contributed by atoms with Crippen LogP contribution in [0.3, 0.4) is 0 Å². The van der Waals surface area contributed by atoms with Crippen LogP contribution in [0.5, 0.6) is 0 Å². The van der Waals surface area contributed by atoms with Crippen molar-refractivity contribution in [1.82, 2.24) is 0 Å². The van der Waals surface area contributed by atoms with Gasteiger partial charge in [-0.05, 0) is 6.08 Å². The fraction of sp³-hybridized carbons (Fsp3) is 0.333. The molecule has 1 rings (SSSR count). The first kappa shape index (κ1) is 11.1. The molecule has 0 radical (unpaired) electrons. The normalized spacial score (nSPS) is 23.0. The van der Waals surface area contributed by atoms with Crippen molar-refractivity contribution in [2.24, 2.45) is 0 Å². The minimum atomic E-state index is -4.55. The monoisotopic (exact) mass is 236 g/mol. The Morgan fingerprint density at radius 2 is 2.21 bits per heavy atom. The summed E-state index contributed by atoms with van der Waals surface area (Å²) in [6, 6.07) is 0. The predicted octanol–water partition coefficient (Wildman–Crippen LogP) is 0.00910. The van der Waals surface area contributed by atoms with Gasteiger partial charge in [-0.3, -0.25) is 9.35 Å². The number of allylic oxidation sites excluding steroid dienone is 1. The number of rotatable bonds is 1. The predicted molar refractivity (Wildman–Crippen MR) is 47.5 cm³/mol. The van der Waals surface area contributed by atoms with Gasteiger partial charge in [-0.15, -0.1) is 0 Å². The summed E-state index contributed by atoms with van der Waals surface area (Å²) in [6.07, 6.45) is 0.775. The third-order valence-corrected chi connectivity index (χ3v) is 2.90. The van der Waals surface area contributed by atoms with Crippen LogP contribution in [0, 0.1) is 0 Å². The minimum Gasteiger partial charge on any atom is -0.361 e. The lowest BCUT2D eigenvalue weighted by Crippen LogP contribution is -2.37. The van der Waals surface area contributed by atoms with Gasteiger partial charge in [0.2, 0.25) is 0 Å². The van der Waals surface area contributed by atoms with Crippen LogP contribution in [0.1, 0.15) is 6.42 Å². The summed E-state index contributed by atoms with van der Waals surface area (Å²) in [5.41, 5.74) is 7.98. The number of hydrogen-bond acceptors (Lipinski definition) is 3. The Morgan fingerprint density at radius 1 is 1.64 bits per heavy atom. The van der Waals surface area contributed by atoms with Crippen LogP contribution in [-0.4, -0.2) is 34.5 Å². The van der Waals surface area contributed by atoms with Crippen LogP contribution in [-0.2, 0) is 14.9 Å². The minimum absolute atomic E-state index is 0.0278. The van der Waals surface area contributed by atoms with E-state index in [1.165, 1.54) is 0 Å². The third kappa shape index (κ3) is 2.08. The molecule has 0 spiro atoms. The van der Waals surface area contributed by atoms with Gasteiger partial charge in [0.25, 0.3) is 15.9 Å². The SMILES string of the molecule is [N-]=[N+]=C1CC(Cl)=CC(S(=O)(=O)O)C1=O. The van der Waals surface area contributed by atoms with Crippen LogP contribution >= 0.6 is 11.6 Å². The number of Topliss-reactive ketones (excluding diaryl/α,β-unsaturated/α-hetero) is 1. The quantitative estimate of drug-likeness (QED) is 0.393. The van der Waals surface area contributed by atoms with E-state index in [4.69, 9.17) is 21.7 Å². The van der Waals surface area contributed by atoms with Crippen LogP contribution < -0.4 is 0 Å². The van der Waals surface area contributed by atoms with E-state index >= 15 is 0 Å². The molecule has 0 saturated carbocycles. The lowest BCUT2D eigenvalue weighted by atomic mass is 10.0. The molecule has 0 heterocycles. The van der Waals surface area contributed by atoms with Crippen molar-refractivity contribution < 1.29 is 22.6 Å². The average molecular weight is 237 g/mol. The molecular weight excluding hydrogens is 232 g/mol. The molecule has 0 fully saturated rings. The van der Waals surface area contributed by atoms with Crippen molar-refractivity contribution in [1.29, 1.82) is 0 Å². The van der Waals surface area contributed by atoms with E-state index in [0.717, 1.165) is 6.08 Å². The molecule has 1 N–H and O–H groups in total. The first-order valence-corrected chi connectivity index (χ1v) is 5.32. The summed E-state index contributed by atoms with van der Waals surface area (Å²) in [5, 5.41) is -1.74. The maximum absolute atomic E-state index is 11.2. The van der Waals surface area contributed by atoms with Crippen molar-refractivity contribution in [2.75, 3.05) is 0 Å². The summed E-state index contributed by atoms with van der Waals surface area (Å²) in [7, 11) is -4.55. The summed E-state index contributed by atoms with van der Waals surface area (Å²) < 4.78 is 30.1. The molecule has 0 aliphatic heterocycles. The average Bonchev–Trinajstić information content (AvgIpc) is 2.06. The van der Waals surface area contributed by atoms with Crippen LogP contribution in [0.25, 0.3) is 5.53 Å². The van der Waals surface area contributed by atoms with Crippen molar-refractivity contribution in [3.63, 3.8) is 0 Å². The van der Waals surface area contributed by atoms with Crippen LogP contribution in [0.2, 0.25) is 0 Å². The molecule has 1 unspecified atom stereocenters. The van der Waals surface area contributed by atoms with Gasteiger partial charge in [-0.25, -0.2) is 0 Å². The molecule has 0 aromatic carbocycles. The summed E-state index contributed by atoms with van der Waals surface area (Å²) in [5.74, 6) is -0.973. The van der Waals surface area contributed by atoms with E-state index in [9.17, 15) is 13.2 Å². The second-order valence-corrected chi connectivity index (χ2v) is 4.66. The van der Waals surface area contributed by atoms with Gasteiger partial charge < -0.3 is 5.53 Å².